The third-order valence-corrected chi connectivity index (χ3v) is 3.99. The van der Waals surface area contributed by atoms with Crippen molar-refractivity contribution in [2.24, 2.45) is 5.73 Å². The van der Waals surface area contributed by atoms with Gasteiger partial charge in [-0.2, -0.15) is 0 Å². The van der Waals surface area contributed by atoms with Crippen LogP contribution in [0, 0.1) is 13.8 Å². The minimum atomic E-state index is -0.0651. The molecule has 1 atom stereocenters. The van der Waals surface area contributed by atoms with Gasteiger partial charge in [0.05, 0.1) is 6.04 Å². The Labute approximate surface area is 122 Å². The Morgan fingerprint density at radius 2 is 1.55 bits per heavy atom. The molecule has 0 saturated carbocycles. The zero-order valence-corrected chi connectivity index (χ0v) is 13.2. The highest BCUT2D eigenvalue weighted by Gasteiger charge is 2.21. The van der Waals surface area contributed by atoms with Crippen LogP contribution in [0.4, 0.5) is 0 Å². The van der Waals surface area contributed by atoms with Gasteiger partial charge in [0.25, 0.3) is 0 Å². The molecule has 106 valence electrons. The Kier molecular flexibility index (Phi) is 4.01. The predicted octanol–water partition coefficient (Wildman–Crippen LogP) is 4.65. The van der Waals surface area contributed by atoms with Crippen LogP contribution in [0.25, 0.3) is 0 Å². The smallest absolute Gasteiger partial charge is 0.0554 e. The van der Waals surface area contributed by atoms with E-state index in [4.69, 9.17) is 5.73 Å². The van der Waals surface area contributed by atoms with Crippen LogP contribution < -0.4 is 5.73 Å². The zero-order chi connectivity index (χ0) is 14.9. The van der Waals surface area contributed by atoms with Gasteiger partial charge in [-0.25, -0.2) is 0 Å². The van der Waals surface area contributed by atoms with Crippen molar-refractivity contribution in [2.45, 2.75) is 46.1 Å². The summed E-state index contributed by atoms with van der Waals surface area (Å²) in [6.07, 6.45) is 0. The van der Waals surface area contributed by atoms with E-state index >= 15 is 0 Å². The Bertz CT molecular complexity index is 605. The van der Waals surface area contributed by atoms with E-state index in [0.717, 1.165) is 0 Å². The molecule has 0 heterocycles. The monoisotopic (exact) mass is 267 g/mol. The predicted molar refractivity (Wildman–Crippen MR) is 87.1 cm³/mol. The second-order valence-corrected chi connectivity index (χ2v) is 6.66. The molecule has 0 saturated heterocycles. The molecule has 1 nitrogen and oxygen atoms in total. The van der Waals surface area contributed by atoms with Crippen molar-refractivity contribution in [3.8, 4) is 0 Å². The molecule has 0 aliphatic carbocycles. The quantitative estimate of drug-likeness (QED) is 0.842. The van der Waals surface area contributed by atoms with E-state index < -0.39 is 0 Å². The van der Waals surface area contributed by atoms with Gasteiger partial charge in [-0.3, -0.25) is 0 Å². The number of hydrogen-bond acceptors (Lipinski definition) is 1. The molecule has 0 bridgehead atoms. The van der Waals surface area contributed by atoms with Crippen molar-refractivity contribution in [1.29, 1.82) is 0 Å². The maximum absolute atomic E-state index is 6.53. The number of nitrogens with two attached hydrogens (primary N) is 1. The van der Waals surface area contributed by atoms with Crippen LogP contribution in [0.1, 0.15) is 54.6 Å². The van der Waals surface area contributed by atoms with Crippen LogP contribution in [0.15, 0.2) is 42.5 Å². The van der Waals surface area contributed by atoms with Gasteiger partial charge in [0.2, 0.25) is 0 Å². The molecule has 0 fully saturated rings. The van der Waals surface area contributed by atoms with Crippen molar-refractivity contribution >= 4 is 0 Å². The topological polar surface area (TPSA) is 26.0 Å². The highest BCUT2D eigenvalue weighted by Crippen LogP contribution is 2.31. The first kappa shape index (κ1) is 14.8. The lowest BCUT2D eigenvalue weighted by atomic mass is 9.80. The van der Waals surface area contributed by atoms with Crippen molar-refractivity contribution in [3.05, 3.63) is 70.3 Å². The fourth-order valence-electron chi connectivity index (χ4n) is 2.59. The zero-order valence-electron chi connectivity index (χ0n) is 13.2. The summed E-state index contributed by atoms with van der Waals surface area (Å²) >= 11 is 0. The average Bonchev–Trinajstić information content (AvgIpc) is 2.40. The molecule has 0 spiro atoms. The third-order valence-electron chi connectivity index (χ3n) is 3.99. The van der Waals surface area contributed by atoms with Gasteiger partial charge in [0.15, 0.2) is 0 Å². The fourth-order valence-corrected chi connectivity index (χ4v) is 2.59. The Balaban J connectivity index is 2.48. The van der Waals surface area contributed by atoms with Crippen LogP contribution in [0.2, 0.25) is 0 Å². The molecule has 0 aliphatic heterocycles. The second-order valence-electron chi connectivity index (χ2n) is 6.66. The summed E-state index contributed by atoms with van der Waals surface area (Å²) in [6.45, 7) is 11.0. The lowest BCUT2D eigenvalue weighted by Gasteiger charge is -2.26. The van der Waals surface area contributed by atoms with E-state index in [1.54, 1.807) is 0 Å². The van der Waals surface area contributed by atoms with Gasteiger partial charge in [-0.15, -0.1) is 0 Å². The van der Waals surface area contributed by atoms with Gasteiger partial charge >= 0.3 is 0 Å². The second kappa shape index (κ2) is 5.41. The van der Waals surface area contributed by atoms with E-state index in [1.807, 2.05) is 0 Å². The molecule has 0 amide bonds. The molecular weight excluding hydrogens is 242 g/mol. The van der Waals surface area contributed by atoms with E-state index in [0.29, 0.717) is 0 Å². The molecule has 0 aliphatic rings. The minimum Gasteiger partial charge on any atom is -0.320 e. The van der Waals surface area contributed by atoms with Crippen LogP contribution in [0.5, 0.6) is 0 Å². The summed E-state index contributed by atoms with van der Waals surface area (Å²) in [5.74, 6) is 0. The number of hydrogen-bond donors (Lipinski definition) is 1. The fraction of sp³-hybridized carbons (Fsp3) is 0.368. The molecular formula is C19H25N. The largest absolute Gasteiger partial charge is 0.320 e. The third kappa shape index (κ3) is 2.94. The molecule has 20 heavy (non-hydrogen) atoms. The van der Waals surface area contributed by atoms with Crippen molar-refractivity contribution < 1.29 is 0 Å². The molecule has 1 heteroatoms. The maximum atomic E-state index is 6.53. The molecule has 0 radical (unpaired) electrons. The summed E-state index contributed by atoms with van der Waals surface area (Å²) < 4.78 is 0. The molecule has 0 aromatic heterocycles. The number of benzene rings is 2. The van der Waals surface area contributed by atoms with Crippen molar-refractivity contribution in [3.63, 3.8) is 0 Å². The maximum Gasteiger partial charge on any atom is 0.0554 e. The summed E-state index contributed by atoms with van der Waals surface area (Å²) in [7, 11) is 0. The first-order chi connectivity index (χ1) is 9.30. The standard InChI is InChI=1S/C19H25N/c1-13-10-11-15(12-14(13)2)18(20)16-8-6-7-9-17(16)19(3,4)5/h6-12,18H,20H2,1-5H3. The van der Waals surface area contributed by atoms with E-state index in [2.05, 4.69) is 77.1 Å². The summed E-state index contributed by atoms with van der Waals surface area (Å²) in [5, 5.41) is 0. The number of aryl methyl sites for hydroxylation is 2. The molecule has 2 N–H and O–H groups in total. The van der Waals surface area contributed by atoms with E-state index in [9.17, 15) is 0 Å². The molecule has 2 aromatic carbocycles. The van der Waals surface area contributed by atoms with Gasteiger partial charge in [0.1, 0.15) is 0 Å². The molecule has 1 unspecified atom stereocenters. The van der Waals surface area contributed by atoms with Crippen molar-refractivity contribution in [2.75, 3.05) is 0 Å². The van der Waals surface area contributed by atoms with Gasteiger partial charge < -0.3 is 5.73 Å². The average molecular weight is 267 g/mol. The van der Waals surface area contributed by atoms with Gasteiger partial charge in [0, 0.05) is 0 Å². The lowest BCUT2D eigenvalue weighted by molar-refractivity contribution is 0.578. The van der Waals surface area contributed by atoms with Crippen LogP contribution in [0.3, 0.4) is 0 Å². The van der Waals surface area contributed by atoms with Crippen LogP contribution in [-0.4, -0.2) is 0 Å². The van der Waals surface area contributed by atoms with Gasteiger partial charge in [-0.1, -0.05) is 63.2 Å². The first-order valence-electron chi connectivity index (χ1n) is 7.23. The Hall–Kier alpha value is -1.60. The Morgan fingerprint density at radius 1 is 0.900 bits per heavy atom. The van der Waals surface area contributed by atoms with Crippen LogP contribution >= 0.6 is 0 Å². The SMILES string of the molecule is Cc1ccc(C(N)c2ccccc2C(C)(C)C)cc1C. The van der Waals surface area contributed by atoms with Gasteiger partial charge in [-0.05, 0) is 47.1 Å². The first-order valence-corrected chi connectivity index (χ1v) is 7.23. The van der Waals surface area contributed by atoms with Crippen LogP contribution in [-0.2, 0) is 5.41 Å². The summed E-state index contributed by atoms with van der Waals surface area (Å²) in [5.41, 5.74) is 13.0. The highest BCUT2D eigenvalue weighted by atomic mass is 14.6. The normalized spacial score (nSPS) is 13.3. The highest BCUT2D eigenvalue weighted by molar-refractivity contribution is 5.42. The molecule has 2 aromatic rings. The Morgan fingerprint density at radius 3 is 2.15 bits per heavy atom. The minimum absolute atomic E-state index is 0.0651. The summed E-state index contributed by atoms with van der Waals surface area (Å²) in [4.78, 5) is 0. The lowest BCUT2D eigenvalue weighted by Crippen LogP contribution is -2.20. The summed E-state index contributed by atoms with van der Waals surface area (Å²) in [6, 6.07) is 15.0. The van der Waals surface area contributed by atoms with E-state index in [-0.39, 0.29) is 11.5 Å². The van der Waals surface area contributed by atoms with Crippen molar-refractivity contribution in [1.82, 2.24) is 0 Å². The molecule has 2 rings (SSSR count). The number of rotatable bonds is 2. The van der Waals surface area contributed by atoms with E-state index in [1.165, 1.54) is 27.8 Å².